The van der Waals surface area contributed by atoms with Crippen molar-refractivity contribution in [3.05, 3.63) is 32.6 Å². The molecule has 0 spiro atoms. The van der Waals surface area contributed by atoms with Crippen molar-refractivity contribution in [1.82, 2.24) is 9.55 Å². The Balaban J connectivity index is 2.27. The number of aromatic nitrogens is 2. The zero-order chi connectivity index (χ0) is 20.0. The van der Waals surface area contributed by atoms with Crippen LogP contribution in [0.5, 0.6) is 0 Å². The summed E-state index contributed by atoms with van der Waals surface area (Å²) in [6, 6.07) is 0. The number of carbonyl (C=O) groups excluding carboxylic acids is 2. The van der Waals surface area contributed by atoms with Gasteiger partial charge in [0.2, 0.25) is 0 Å². The fourth-order valence-electron chi connectivity index (χ4n) is 2.60. The third kappa shape index (κ3) is 5.08. The number of nitrogens with one attached hydrogen (secondary N) is 1. The van der Waals surface area contributed by atoms with Gasteiger partial charge in [-0.3, -0.25) is 23.9 Å². The summed E-state index contributed by atoms with van der Waals surface area (Å²) >= 11 is 0. The summed E-state index contributed by atoms with van der Waals surface area (Å²) in [7, 11) is 0. The van der Waals surface area contributed by atoms with Gasteiger partial charge in [-0.25, -0.2) is 4.79 Å². The Morgan fingerprint density at radius 3 is 2.63 bits per heavy atom. The topological polar surface area (TPSA) is 117 Å². The zero-order valence-electron chi connectivity index (χ0n) is 15.4. The highest BCUT2D eigenvalue weighted by molar-refractivity contribution is 5.69. The van der Waals surface area contributed by atoms with Gasteiger partial charge in [-0.2, -0.15) is 0 Å². The van der Waals surface area contributed by atoms with Gasteiger partial charge in [0.05, 0.1) is 0 Å². The number of ether oxygens (including phenoxy) is 3. The van der Waals surface area contributed by atoms with Crippen LogP contribution in [0.2, 0.25) is 0 Å². The first-order valence-electron chi connectivity index (χ1n) is 8.68. The number of H-pyrrole nitrogens is 1. The summed E-state index contributed by atoms with van der Waals surface area (Å²) < 4.78 is 17.4. The lowest BCUT2D eigenvalue weighted by Crippen LogP contribution is -2.34. The summed E-state index contributed by atoms with van der Waals surface area (Å²) in [4.78, 5) is 49.2. The first kappa shape index (κ1) is 20.5. The maximum atomic E-state index is 12.2. The summed E-state index contributed by atoms with van der Waals surface area (Å²) in [6.45, 7) is 4.78. The van der Waals surface area contributed by atoms with Crippen LogP contribution in [0.15, 0.2) is 15.8 Å². The highest BCUT2D eigenvalue weighted by atomic mass is 16.6. The van der Waals surface area contributed by atoms with Gasteiger partial charge in [-0.15, -0.1) is 5.92 Å². The third-order valence-corrected chi connectivity index (χ3v) is 3.99. The van der Waals surface area contributed by atoms with Crippen LogP contribution in [0.25, 0.3) is 0 Å². The molecule has 27 heavy (non-hydrogen) atoms. The van der Waals surface area contributed by atoms with Crippen molar-refractivity contribution in [1.29, 1.82) is 0 Å². The molecule has 1 saturated heterocycles. The fourth-order valence-corrected chi connectivity index (χ4v) is 2.60. The van der Waals surface area contributed by atoms with Gasteiger partial charge >= 0.3 is 17.6 Å². The van der Waals surface area contributed by atoms with E-state index in [2.05, 4.69) is 16.8 Å². The Labute approximate surface area is 155 Å². The molecule has 0 amide bonds. The van der Waals surface area contributed by atoms with Crippen LogP contribution in [-0.2, 0) is 23.8 Å². The molecule has 0 aromatic carbocycles. The molecule has 1 fully saturated rings. The van der Waals surface area contributed by atoms with Gasteiger partial charge in [0.15, 0.2) is 0 Å². The minimum Gasteiger partial charge on any atom is -0.463 e. The standard InChI is InChI=1S/C18H22N2O7/c1-4-7-11-9-20(18(24)19-17(11)23)14-8-12(27-16(22)6-3)13(26-14)10-25-15(21)5-2/h9,12-14H,5-6,8,10H2,1-3H3,(H,19,23,24)/t12-,13+,14+/m0/s1. The molecule has 0 aliphatic carbocycles. The number of carbonyl (C=O) groups is 2. The molecule has 2 heterocycles. The van der Waals surface area contributed by atoms with Crippen molar-refractivity contribution in [3.8, 4) is 11.8 Å². The summed E-state index contributed by atoms with van der Waals surface area (Å²) in [5.41, 5.74) is -1.15. The maximum absolute atomic E-state index is 12.2. The lowest BCUT2D eigenvalue weighted by atomic mass is 10.2. The van der Waals surface area contributed by atoms with Crippen LogP contribution in [0, 0.1) is 11.8 Å². The monoisotopic (exact) mass is 378 g/mol. The molecule has 1 aliphatic heterocycles. The number of rotatable bonds is 6. The van der Waals surface area contributed by atoms with E-state index in [0.717, 1.165) is 0 Å². The first-order chi connectivity index (χ1) is 12.9. The van der Waals surface area contributed by atoms with E-state index in [4.69, 9.17) is 14.2 Å². The molecular formula is C18H22N2O7. The predicted octanol–water partition coefficient (Wildman–Crippen LogP) is 0.470. The van der Waals surface area contributed by atoms with Gasteiger partial charge in [-0.05, 0) is 6.92 Å². The number of nitrogens with zero attached hydrogens (tertiary/aromatic N) is 1. The lowest BCUT2D eigenvalue weighted by molar-refractivity contribution is -0.157. The number of esters is 2. The molecule has 0 radical (unpaired) electrons. The molecule has 9 nitrogen and oxygen atoms in total. The highest BCUT2D eigenvalue weighted by Crippen LogP contribution is 2.30. The van der Waals surface area contributed by atoms with Crippen LogP contribution in [0.4, 0.5) is 0 Å². The van der Waals surface area contributed by atoms with Crippen LogP contribution in [-0.4, -0.2) is 40.3 Å². The van der Waals surface area contributed by atoms with Crippen molar-refractivity contribution in [2.24, 2.45) is 0 Å². The molecule has 1 aromatic heterocycles. The lowest BCUT2D eigenvalue weighted by Gasteiger charge is -2.18. The van der Waals surface area contributed by atoms with Gasteiger partial charge in [0.25, 0.3) is 5.56 Å². The second kappa shape index (κ2) is 9.19. The van der Waals surface area contributed by atoms with E-state index >= 15 is 0 Å². The van der Waals surface area contributed by atoms with E-state index in [-0.39, 0.29) is 31.4 Å². The largest absolute Gasteiger partial charge is 0.463 e. The average Bonchev–Trinajstić information content (AvgIpc) is 3.04. The highest BCUT2D eigenvalue weighted by Gasteiger charge is 2.40. The second-order valence-electron chi connectivity index (χ2n) is 5.87. The Morgan fingerprint density at radius 2 is 2.00 bits per heavy atom. The molecule has 146 valence electrons. The molecular weight excluding hydrogens is 356 g/mol. The Hall–Kier alpha value is -2.86. The van der Waals surface area contributed by atoms with Crippen LogP contribution in [0.1, 0.15) is 51.8 Å². The van der Waals surface area contributed by atoms with Crippen LogP contribution in [0.3, 0.4) is 0 Å². The average molecular weight is 378 g/mol. The molecule has 9 heteroatoms. The number of aromatic amines is 1. The summed E-state index contributed by atoms with van der Waals surface area (Å²) in [6.07, 6.45) is -0.350. The molecule has 0 unspecified atom stereocenters. The molecule has 0 saturated carbocycles. The second-order valence-corrected chi connectivity index (χ2v) is 5.87. The molecule has 2 rings (SSSR count). The van der Waals surface area contributed by atoms with Gasteiger partial charge < -0.3 is 14.2 Å². The SMILES string of the molecule is CC#Cc1cn([C@H]2C[C@H](OC(=O)CC)[C@@H](COC(=O)CC)O2)c(=O)[nH]c1=O. The predicted molar refractivity (Wildman–Crippen MR) is 93.8 cm³/mol. The molecule has 1 aliphatic rings. The zero-order valence-corrected chi connectivity index (χ0v) is 15.4. The molecule has 1 aromatic rings. The minimum absolute atomic E-state index is 0.107. The van der Waals surface area contributed by atoms with Crippen LogP contribution >= 0.6 is 0 Å². The molecule has 3 atom stereocenters. The van der Waals surface area contributed by atoms with E-state index in [1.165, 1.54) is 10.8 Å². The summed E-state index contributed by atoms with van der Waals surface area (Å²) in [5.74, 6) is 4.37. The van der Waals surface area contributed by atoms with Gasteiger partial charge in [0, 0.05) is 25.5 Å². The Morgan fingerprint density at radius 1 is 1.30 bits per heavy atom. The Kier molecular flexibility index (Phi) is 6.96. The van der Waals surface area contributed by atoms with Gasteiger partial charge in [-0.1, -0.05) is 19.8 Å². The van der Waals surface area contributed by atoms with E-state index in [9.17, 15) is 19.2 Å². The smallest absolute Gasteiger partial charge is 0.330 e. The van der Waals surface area contributed by atoms with E-state index in [1.54, 1.807) is 20.8 Å². The van der Waals surface area contributed by atoms with Crippen molar-refractivity contribution < 1.29 is 23.8 Å². The van der Waals surface area contributed by atoms with E-state index in [0.29, 0.717) is 0 Å². The van der Waals surface area contributed by atoms with E-state index in [1.807, 2.05) is 0 Å². The van der Waals surface area contributed by atoms with Crippen LogP contribution < -0.4 is 11.2 Å². The van der Waals surface area contributed by atoms with Crippen molar-refractivity contribution >= 4 is 11.9 Å². The normalized spacial score (nSPS) is 21.2. The quantitative estimate of drug-likeness (QED) is 0.565. The van der Waals surface area contributed by atoms with Crippen molar-refractivity contribution in [2.45, 2.75) is 58.5 Å². The summed E-state index contributed by atoms with van der Waals surface area (Å²) in [5, 5.41) is 0. The Bertz CT molecular complexity index is 874. The van der Waals surface area contributed by atoms with Gasteiger partial charge in [0.1, 0.15) is 30.6 Å². The minimum atomic E-state index is -0.799. The number of hydrogen-bond acceptors (Lipinski definition) is 7. The molecule has 0 bridgehead atoms. The molecule has 1 N–H and O–H groups in total. The maximum Gasteiger partial charge on any atom is 0.330 e. The number of hydrogen-bond donors (Lipinski definition) is 1. The first-order valence-corrected chi connectivity index (χ1v) is 8.68. The third-order valence-electron chi connectivity index (χ3n) is 3.99. The van der Waals surface area contributed by atoms with Crippen molar-refractivity contribution in [3.63, 3.8) is 0 Å². The fraction of sp³-hybridized carbons (Fsp3) is 0.556. The van der Waals surface area contributed by atoms with Crippen molar-refractivity contribution in [2.75, 3.05) is 6.61 Å². The van der Waals surface area contributed by atoms with E-state index < -0.39 is 41.6 Å².